The van der Waals surface area contributed by atoms with E-state index in [1.807, 2.05) is 13.2 Å². The average molecular weight is 452 g/mol. The quantitative estimate of drug-likeness (QED) is 0.554. The predicted octanol–water partition coefficient (Wildman–Crippen LogP) is 3.38. The molecule has 32 heavy (non-hydrogen) atoms. The second-order valence-corrected chi connectivity index (χ2v) is 8.46. The monoisotopic (exact) mass is 451 g/mol. The lowest BCUT2D eigenvalue weighted by Crippen LogP contribution is -2.31. The first kappa shape index (κ1) is 21.4. The average Bonchev–Trinajstić information content (AvgIpc) is 3.50. The number of amides is 2. The molecule has 3 aromatic heterocycles. The van der Waals surface area contributed by atoms with E-state index in [1.165, 1.54) is 29.9 Å². The highest BCUT2D eigenvalue weighted by Crippen LogP contribution is 2.38. The molecule has 4 rings (SSSR count). The minimum Gasteiger partial charge on any atom is -0.472 e. The molecule has 3 heterocycles. The van der Waals surface area contributed by atoms with Crippen LogP contribution in [0.4, 0.5) is 9.80 Å². The number of carbonyl (C=O) groups excluding carboxylic acids is 2. The summed E-state index contributed by atoms with van der Waals surface area (Å²) in [6.07, 6.45) is 10.5. The van der Waals surface area contributed by atoms with Crippen molar-refractivity contribution < 1.29 is 18.7 Å². The number of aromatic nitrogens is 2. The smallest absolute Gasteiger partial charge is 0.407 e. The molecule has 1 atom stereocenters. The number of aryl methyl sites for hydroxylation is 1. The molecule has 2 N–H and O–H groups in total. The van der Waals surface area contributed by atoms with Gasteiger partial charge in [-0.25, -0.2) is 9.78 Å². The van der Waals surface area contributed by atoms with E-state index >= 15 is 0 Å². The summed E-state index contributed by atoms with van der Waals surface area (Å²) in [5.74, 6) is -0.331. The normalized spacial score (nSPS) is 15.2. The van der Waals surface area contributed by atoms with Gasteiger partial charge >= 0.3 is 6.09 Å². The first-order valence-electron chi connectivity index (χ1n) is 9.99. The Morgan fingerprint density at radius 1 is 1.50 bits per heavy atom. The van der Waals surface area contributed by atoms with Crippen molar-refractivity contribution >= 4 is 34.4 Å². The van der Waals surface area contributed by atoms with E-state index in [0.717, 1.165) is 21.7 Å². The lowest BCUT2D eigenvalue weighted by Gasteiger charge is -2.22. The zero-order chi connectivity index (χ0) is 22.5. The summed E-state index contributed by atoms with van der Waals surface area (Å²) in [5, 5.41) is 15.6. The van der Waals surface area contributed by atoms with Crippen molar-refractivity contribution in [3.63, 3.8) is 0 Å². The summed E-state index contributed by atoms with van der Waals surface area (Å²) in [6, 6.07) is 3.94. The van der Waals surface area contributed by atoms with Crippen LogP contribution < -0.4 is 10.6 Å². The van der Waals surface area contributed by atoms with Gasteiger partial charge in [-0.3, -0.25) is 4.79 Å². The summed E-state index contributed by atoms with van der Waals surface area (Å²) in [6.45, 7) is 0.289. The molecule has 1 aliphatic rings. The number of nitrogens with one attached hydrogen (secondary N) is 2. The highest BCUT2D eigenvalue weighted by molar-refractivity contribution is 7.16. The van der Waals surface area contributed by atoms with Gasteiger partial charge in [-0.2, -0.15) is 5.26 Å². The fourth-order valence-electron chi connectivity index (χ4n) is 3.47. The van der Waals surface area contributed by atoms with Crippen LogP contribution in [0.1, 0.15) is 33.7 Å². The molecule has 10 heteroatoms. The molecule has 3 aromatic rings. The zero-order valence-corrected chi connectivity index (χ0v) is 18.1. The topological polar surface area (TPSA) is 122 Å². The Balaban J connectivity index is 1.35. The predicted molar refractivity (Wildman–Crippen MR) is 118 cm³/mol. The van der Waals surface area contributed by atoms with Crippen LogP contribution in [0.15, 0.2) is 41.6 Å². The maximum atomic E-state index is 12.3. The second-order valence-electron chi connectivity index (χ2n) is 7.35. The van der Waals surface area contributed by atoms with Crippen LogP contribution in [0, 0.1) is 11.3 Å². The van der Waals surface area contributed by atoms with Gasteiger partial charge in [0.25, 0.3) is 0 Å². The van der Waals surface area contributed by atoms with Crippen LogP contribution in [0.2, 0.25) is 0 Å². The molecule has 0 spiro atoms. The van der Waals surface area contributed by atoms with Gasteiger partial charge in [0, 0.05) is 36.2 Å². The number of ether oxygens (including phenoxy) is 1. The van der Waals surface area contributed by atoms with Gasteiger partial charge in [-0.1, -0.05) is 0 Å². The number of rotatable bonds is 6. The van der Waals surface area contributed by atoms with E-state index in [1.54, 1.807) is 23.0 Å². The van der Waals surface area contributed by atoms with Crippen molar-refractivity contribution in [3.05, 3.63) is 64.5 Å². The maximum Gasteiger partial charge on any atom is 0.407 e. The number of hydrogen-bond donors (Lipinski definition) is 2. The summed E-state index contributed by atoms with van der Waals surface area (Å²) < 4.78 is 12.3. The van der Waals surface area contributed by atoms with Crippen molar-refractivity contribution in [2.75, 3.05) is 5.32 Å². The molecular formula is C22H21N5O4S. The minimum absolute atomic E-state index is 0.289. The van der Waals surface area contributed by atoms with Crippen molar-refractivity contribution in [1.29, 1.82) is 5.26 Å². The van der Waals surface area contributed by atoms with Crippen LogP contribution in [0.25, 0.3) is 6.08 Å². The molecule has 164 valence electrons. The first-order valence-corrected chi connectivity index (χ1v) is 10.8. The molecule has 1 unspecified atom stereocenters. The van der Waals surface area contributed by atoms with Crippen molar-refractivity contribution in [2.24, 2.45) is 7.05 Å². The summed E-state index contributed by atoms with van der Waals surface area (Å²) in [7, 11) is 1.86. The molecule has 0 saturated heterocycles. The maximum absolute atomic E-state index is 12.3. The van der Waals surface area contributed by atoms with E-state index in [2.05, 4.69) is 21.7 Å². The van der Waals surface area contributed by atoms with Crippen LogP contribution in [-0.4, -0.2) is 27.7 Å². The van der Waals surface area contributed by atoms with Gasteiger partial charge in [-0.15, -0.1) is 11.3 Å². The van der Waals surface area contributed by atoms with Crippen LogP contribution >= 0.6 is 11.3 Å². The van der Waals surface area contributed by atoms with E-state index in [9.17, 15) is 14.9 Å². The summed E-state index contributed by atoms with van der Waals surface area (Å²) >= 11 is 1.35. The Hall–Kier alpha value is -3.84. The molecule has 0 radical (unpaired) electrons. The first-order chi connectivity index (χ1) is 15.5. The number of nitrogens with zero attached hydrogens (tertiary/aromatic N) is 3. The molecule has 0 aliphatic heterocycles. The number of anilines is 1. The molecule has 0 bridgehead atoms. The SMILES string of the molecule is Cn1cnc(CNC(=O)OC2CCc3c(sc(NC(=O)C=Cc4ccoc4)c3C#N)C2)c1. The number of hydrogen-bond acceptors (Lipinski definition) is 7. The zero-order valence-electron chi connectivity index (χ0n) is 17.3. The van der Waals surface area contributed by atoms with E-state index in [-0.39, 0.29) is 18.6 Å². The fraction of sp³-hybridized carbons (Fsp3) is 0.273. The summed E-state index contributed by atoms with van der Waals surface area (Å²) in [4.78, 5) is 29.5. The van der Waals surface area contributed by atoms with Gasteiger partial charge in [0.05, 0.1) is 36.7 Å². The minimum atomic E-state index is -0.501. The lowest BCUT2D eigenvalue weighted by atomic mass is 9.94. The Morgan fingerprint density at radius 2 is 2.38 bits per heavy atom. The van der Waals surface area contributed by atoms with Gasteiger partial charge in [0.2, 0.25) is 5.91 Å². The second kappa shape index (κ2) is 9.53. The number of imidazole rings is 1. The number of nitriles is 1. The van der Waals surface area contributed by atoms with Crippen molar-refractivity contribution in [1.82, 2.24) is 14.9 Å². The highest BCUT2D eigenvalue weighted by Gasteiger charge is 2.28. The number of carbonyl (C=O) groups is 2. The fourth-order valence-corrected chi connectivity index (χ4v) is 4.74. The van der Waals surface area contributed by atoms with E-state index < -0.39 is 6.09 Å². The largest absolute Gasteiger partial charge is 0.472 e. The lowest BCUT2D eigenvalue weighted by molar-refractivity contribution is -0.111. The van der Waals surface area contributed by atoms with Crippen LogP contribution in [0.5, 0.6) is 0 Å². The third kappa shape index (κ3) is 5.07. The number of fused-ring (bicyclic) bond motifs is 1. The molecule has 1 aliphatic carbocycles. The van der Waals surface area contributed by atoms with Gasteiger partial charge in [0.1, 0.15) is 17.2 Å². The number of furan rings is 1. The van der Waals surface area contributed by atoms with Crippen LogP contribution in [0.3, 0.4) is 0 Å². The summed E-state index contributed by atoms with van der Waals surface area (Å²) in [5.41, 5.74) is 2.91. The third-order valence-corrected chi connectivity index (χ3v) is 6.15. The van der Waals surface area contributed by atoms with Gasteiger partial charge in [-0.05, 0) is 30.5 Å². The Bertz CT molecular complexity index is 1190. The van der Waals surface area contributed by atoms with Crippen LogP contribution in [-0.2, 0) is 36.0 Å². The standard InChI is InChI=1S/C22H21N5O4S/c1-27-11-15(25-13-27)10-24-22(29)31-16-3-4-17-18(9-23)21(32-19(17)8-16)26-20(28)5-2-14-6-7-30-12-14/h2,5-7,11-13,16H,3-4,8,10H2,1H3,(H,24,29)(H,26,28). The Kier molecular flexibility index (Phi) is 6.37. The molecule has 9 nitrogen and oxygen atoms in total. The highest BCUT2D eigenvalue weighted by atomic mass is 32.1. The van der Waals surface area contributed by atoms with Crippen molar-refractivity contribution in [3.8, 4) is 6.07 Å². The number of alkyl carbamates (subject to hydrolysis) is 1. The molecule has 0 saturated carbocycles. The molecular weight excluding hydrogens is 430 g/mol. The van der Waals surface area contributed by atoms with Gasteiger partial charge < -0.3 is 24.4 Å². The van der Waals surface area contributed by atoms with Gasteiger partial charge in [0.15, 0.2) is 0 Å². The number of thiophene rings is 1. The Morgan fingerprint density at radius 3 is 3.09 bits per heavy atom. The third-order valence-electron chi connectivity index (χ3n) is 4.98. The molecule has 0 aromatic carbocycles. The van der Waals surface area contributed by atoms with E-state index in [4.69, 9.17) is 9.15 Å². The molecule has 2 amide bonds. The molecule has 0 fully saturated rings. The van der Waals surface area contributed by atoms with Crippen molar-refractivity contribution in [2.45, 2.75) is 31.9 Å². The van der Waals surface area contributed by atoms with E-state index in [0.29, 0.717) is 29.8 Å². The Labute approximate surface area is 188 Å².